The number of hydrogen-bond donors (Lipinski definition) is 0. The van der Waals surface area contributed by atoms with Gasteiger partial charge in [0.2, 0.25) is 0 Å². The standard InChI is InChI=1S/C24H22.C22H22Si2.C20H16N2.C10H6S2.C6H4S2.C4H4S/c2*1-23(2)19-11-7-5-9-15(19)17-14-22-18(13-21(17)23)16-10-6-8-12-20(16)24(22,3)4;1-21-17-9-5-3-7-13(17)15-12-20-16(11-19(15)21)14-8-4-6-10-18(14)22(20)2;1-3-11-9-6-8-2-4-12-10(8)5-7(1)9;1-3-7-6-2-4-8-5(1)6;1-2-4-5-3-1/h2*5-14H,1-4H3;3-12H,1-2H3;1-6H;1-4H;1-4H. The van der Waals surface area contributed by atoms with Crippen LogP contribution < -0.4 is 20.7 Å². The minimum absolute atomic E-state index is 0.0721. The van der Waals surface area contributed by atoms with Gasteiger partial charge in [-0.2, -0.15) is 11.3 Å². The third kappa shape index (κ3) is 10.1. The molecule has 7 aromatic heterocycles. The van der Waals surface area contributed by atoms with Crippen molar-refractivity contribution in [3.8, 4) is 44.5 Å². The Morgan fingerprint density at radius 3 is 1.06 bits per heavy atom. The van der Waals surface area contributed by atoms with E-state index < -0.39 is 16.1 Å². The number of hydrogen-bond acceptors (Lipinski definition) is 5. The molecule has 0 N–H and O–H groups in total. The summed E-state index contributed by atoms with van der Waals surface area (Å²) in [5, 5.41) is 27.2. The van der Waals surface area contributed by atoms with Crippen LogP contribution in [0.4, 0.5) is 0 Å². The fourth-order valence-electron chi connectivity index (χ4n) is 15.9. The third-order valence-electron chi connectivity index (χ3n) is 21.0. The molecule has 21 rings (SSSR count). The molecule has 0 saturated carbocycles. The van der Waals surface area contributed by atoms with Crippen LogP contribution in [0.25, 0.3) is 118 Å². The van der Waals surface area contributed by atoms with Crippen LogP contribution in [0.3, 0.4) is 0 Å². The smallest absolute Gasteiger partial charge is 0.113 e. The van der Waals surface area contributed by atoms with Gasteiger partial charge in [-0.1, -0.05) is 212 Å². The lowest BCUT2D eigenvalue weighted by Gasteiger charge is -2.24. The molecule has 0 spiro atoms. The summed E-state index contributed by atoms with van der Waals surface area (Å²) in [6.07, 6.45) is 0. The van der Waals surface area contributed by atoms with E-state index in [1.807, 2.05) is 45.6 Å². The monoisotopic (exact) mass is 1350 g/mol. The summed E-state index contributed by atoms with van der Waals surface area (Å²) in [5.41, 5.74) is 22.9. The predicted molar refractivity (Wildman–Crippen MR) is 428 cm³/mol. The van der Waals surface area contributed by atoms with Crippen molar-refractivity contribution in [2.45, 2.75) is 64.7 Å². The van der Waals surface area contributed by atoms with E-state index in [0.717, 1.165) is 0 Å². The molecule has 0 bridgehead atoms. The Kier molecular flexibility index (Phi) is 15.3. The van der Waals surface area contributed by atoms with Gasteiger partial charge in [-0.25, -0.2) is 0 Å². The number of rotatable bonds is 0. The summed E-state index contributed by atoms with van der Waals surface area (Å²) >= 11 is 8.94. The first-order valence-electron chi connectivity index (χ1n) is 32.8. The number of para-hydroxylation sites is 2. The quantitative estimate of drug-likeness (QED) is 0.134. The second kappa shape index (κ2) is 23.7. The molecule has 9 heterocycles. The van der Waals surface area contributed by atoms with Crippen LogP contribution in [-0.2, 0) is 24.9 Å². The first-order valence-corrected chi connectivity index (χ1v) is 43.3. The predicted octanol–water partition coefficient (Wildman–Crippen LogP) is 23.4. The highest BCUT2D eigenvalue weighted by atomic mass is 32.1. The highest BCUT2D eigenvalue weighted by Gasteiger charge is 2.44. The van der Waals surface area contributed by atoms with Gasteiger partial charge in [0.15, 0.2) is 0 Å². The second-order valence-corrected chi connectivity index (χ2v) is 41.0. The SMILES string of the molecule is CC1(C)c2ccccc2-c2cc3c(cc21)-c1ccccc1C3(C)C.C[Si]1(C)c2ccccc2-c2cc3c(cc21)-c1ccccc1[Si]3(C)C.Cn1c2ccccc2c2cc3c(cc21)c1ccccc1n3C.c1cc2cc3sccc3cc2s1.c1cc2sccc2s1.c1ccsc1. The Bertz CT molecular complexity index is 5210. The van der Waals surface area contributed by atoms with Gasteiger partial charge in [0.1, 0.15) is 16.1 Å². The van der Waals surface area contributed by atoms with Gasteiger partial charge in [0, 0.05) is 87.3 Å². The molecule has 10 aromatic carbocycles. The lowest BCUT2D eigenvalue weighted by atomic mass is 9.79. The molecule has 466 valence electrons. The molecule has 0 atom stereocenters. The van der Waals surface area contributed by atoms with Crippen molar-refractivity contribution < 1.29 is 0 Å². The minimum Gasteiger partial charge on any atom is -0.344 e. The van der Waals surface area contributed by atoms with E-state index >= 15 is 0 Å². The van der Waals surface area contributed by atoms with Crippen LogP contribution in [-0.4, -0.2) is 25.3 Å². The molecular weight excluding hydrogens is 1280 g/mol. The van der Waals surface area contributed by atoms with Crippen molar-refractivity contribution >= 4 is 167 Å². The summed E-state index contributed by atoms with van der Waals surface area (Å²) < 4.78 is 10.2. The summed E-state index contributed by atoms with van der Waals surface area (Å²) in [7, 11) is 1.16. The average molecular weight is 1350 g/mol. The fourth-order valence-corrected chi connectivity index (χ4v) is 26.0. The van der Waals surface area contributed by atoms with Gasteiger partial charge >= 0.3 is 0 Å². The minimum atomic E-state index is -1.58. The van der Waals surface area contributed by atoms with Crippen LogP contribution >= 0.6 is 56.7 Å². The zero-order valence-electron chi connectivity index (χ0n) is 55.3. The van der Waals surface area contributed by atoms with E-state index in [9.17, 15) is 0 Å². The molecular formula is C86H74N2S5Si2. The number of aryl methyl sites for hydroxylation is 2. The van der Waals surface area contributed by atoms with Gasteiger partial charge in [-0.15, -0.1) is 45.3 Å². The summed E-state index contributed by atoms with van der Waals surface area (Å²) in [6, 6.07) is 85.3. The molecule has 2 aliphatic heterocycles. The van der Waals surface area contributed by atoms with E-state index in [0.29, 0.717) is 0 Å². The molecule has 9 heteroatoms. The fraction of sp³-hybridized carbons (Fsp3) is 0.140. The van der Waals surface area contributed by atoms with Gasteiger partial charge in [-0.3, -0.25) is 0 Å². The Hall–Kier alpha value is -8.49. The second-order valence-electron chi connectivity index (χ2n) is 27.7. The van der Waals surface area contributed by atoms with E-state index in [-0.39, 0.29) is 10.8 Å². The van der Waals surface area contributed by atoms with Crippen LogP contribution in [0.1, 0.15) is 49.9 Å². The maximum absolute atomic E-state index is 2.57. The third-order valence-corrected chi connectivity index (χ3v) is 32.4. The van der Waals surface area contributed by atoms with Crippen molar-refractivity contribution in [2.75, 3.05) is 0 Å². The highest BCUT2D eigenvalue weighted by molar-refractivity contribution is 7.26. The summed E-state index contributed by atoms with van der Waals surface area (Å²) in [4.78, 5) is 0. The van der Waals surface area contributed by atoms with Crippen LogP contribution in [0.5, 0.6) is 0 Å². The average Bonchev–Trinajstić information content (AvgIpc) is 1.56. The zero-order chi connectivity index (χ0) is 65.1. The van der Waals surface area contributed by atoms with Crippen molar-refractivity contribution in [1.82, 2.24) is 9.13 Å². The molecule has 0 unspecified atom stereocenters. The number of nitrogens with zero attached hydrogens (tertiary/aromatic N) is 2. The van der Waals surface area contributed by atoms with Gasteiger partial charge in [0.25, 0.3) is 0 Å². The largest absolute Gasteiger partial charge is 0.344 e. The number of fused-ring (bicyclic) bond motifs is 21. The Morgan fingerprint density at radius 1 is 0.274 bits per heavy atom. The number of thiophene rings is 5. The van der Waals surface area contributed by atoms with Gasteiger partial charge in [0.05, 0.1) is 0 Å². The Labute approximate surface area is 579 Å². The number of benzene rings is 10. The summed E-state index contributed by atoms with van der Waals surface area (Å²) in [5.74, 6) is 0. The van der Waals surface area contributed by atoms with E-state index in [1.165, 1.54) is 140 Å². The van der Waals surface area contributed by atoms with Crippen molar-refractivity contribution in [3.05, 3.63) is 285 Å². The maximum atomic E-state index is 2.57. The van der Waals surface area contributed by atoms with Gasteiger partial charge < -0.3 is 9.13 Å². The van der Waals surface area contributed by atoms with Crippen LogP contribution in [0, 0.1) is 0 Å². The van der Waals surface area contributed by atoms with Crippen molar-refractivity contribution in [3.63, 3.8) is 0 Å². The molecule has 0 fully saturated rings. The lowest BCUT2D eigenvalue weighted by molar-refractivity contribution is 0.652. The summed E-state index contributed by atoms with van der Waals surface area (Å²) in [6.45, 7) is 19.5. The molecule has 2 nitrogen and oxygen atoms in total. The van der Waals surface area contributed by atoms with Crippen molar-refractivity contribution in [1.29, 1.82) is 0 Å². The molecule has 0 amide bonds. The molecule has 4 aliphatic rings. The molecule has 95 heavy (non-hydrogen) atoms. The first-order chi connectivity index (χ1) is 46.0. The number of aromatic nitrogens is 2. The van der Waals surface area contributed by atoms with E-state index in [4.69, 9.17) is 0 Å². The topological polar surface area (TPSA) is 9.86 Å². The van der Waals surface area contributed by atoms with Crippen LogP contribution in [0.15, 0.2) is 263 Å². The maximum Gasteiger partial charge on any atom is 0.113 e. The van der Waals surface area contributed by atoms with E-state index in [1.54, 1.807) is 54.8 Å². The molecule has 17 aromatic rings. The Balaban J connectivity index is 0.0000000953. The van der Waals surface area contributed by atoms with Crippen LogP contribution in [0.2, 0.25) is 26.2 Å². The normalized spacial score (nSPS) is 14.5. The highest BCUT2D eigenvalue weighted by Crippen LogP contribution is 2.56. The molecule has 2 aliphatic carbocycles. The van der Waals surface area contributed by atoms with Gasteiger partial charge in [-0.05, 0) is 203 Å². The molecule has 0 radical (unpaired) electrons. The lowest BCUT2D eigenvalue weighted by Crippen LogP contribution is -2.51. The van der Waals surface area contributed by atoms with Crippen molar-refractivity contribution in [2.24, 2.45) is 14.1 Å². The Morgan fingerprint density at radius 2 is 0.642 bits per heavy atom. The van der Waals surface area contributed by atoms with E-state index in [2.05, 4.69) is 317 Å². The zero-order valence-corrected chi connectivity index (χ0v) is 61.4. The first kappa shape index (κ1) is 61.4. The molecule has 0 saturated heterocycles.